The molecule has 5 nitrogen and oxygen atoms in total. The third-order valence-corrected chi connectivity index (χ3v) is 4.38. The van der Waals surface area contributed by atoms with Crippen molar-refractivity contribution in [2.24, 2.45) is 5.92 Å². The van der Waals surface area contributed by atoms with Gasteiger partial charge >= 0.3 is 0 Å². The molecule has 5 heteroatoms. The van der Waals surface area contributed by atoms with Gasteiger partial charge in [0.2, 0.25) is 0 Å². The van der Waals surface area contributed by atoms with E-state index in [2.05, 4.69) is 35.8 Å². The van der Waals surface area contributed by atoms with Gasteiger partial charge in [0, 0.05) is 17.6 Å². The van der Waals surface area contributed by atoms with E-state index in [9.17, 15) is 4.79 Å². The van der Waals surface area contributed by atoms with Gasteiger partial charge in [-0.15, -0.1) is 0 Å². The highest BCUT2D eigenvalue weighted by molar-refractivity contribution is 5.95. The van der Waals surface area contributed by atoms with Gasteiger partial charge < -0.3 is 4.90 Å². The van der Waals surface area contributed by atoms with Crippen LogP contribution in [0.4, 0.5) is 0 Å². The van der Waals surface area contributed by atoms with E-state index in [0.717, 1.165) is 24.1 Å². The summed E-state index contributed by atoms with van der Waals surface area (Å²) in [4.78, 5) is 18.9. The molecule has 0 radical (unpaired) electrons. The predicted molar refractivity (Wildman–Crippen MR) is 84.9 cm³/mol. The smallest absolute Gasteiger partial charge is 0.254 e. The molecule has 1 amide bonds. The van der Waals surface area contributed by atoms with Crippen LogP contribution in [0.1, 0.15) is 44.0 Å². The monoisotopic (exact) mass is 298 g/mol. The highest BCUT2D eigenvalue weighted by atomic mass is 16.2. The molecule has 0 aliphatic heterocycles. The Bertz CT molecular complexity index is 629. The van der Waals surface area contributed by atoms with Crippen LogP contribution in [0.25, 0.3) is 5.69 Å². The molecule has 1 aliphatic rings. The fourth-order valence-electron chi connectivity index (χ4n) is 2.60. The third-order valence-electron chi connectivity index (χ3n) is 4.38. The molecule has 1 heterocycles. The lowest BCUT2D eigenvalue weighted by Gasteiger charge is -2.32. The van der Waals surface area contributed by atoms with Crippen molar-refractivity contribution in [3.8, 4) is 5.69 Å². The summed E-state index contributed by atoms with van der Waals surface area (Å²) in [7, 11) is 0. The number of carbonyl (C=O) groups excluding carboxylic acids is 1. The Hall–Kier alpha value is -2.17. The number of amides is 1. The second-order valence-corrected chi connectivity index (χ2v) is 6.32. The first kappa shape index (κ1) is 14.8. The Labute approximate surface area is 131 Å². The average molecular weight is 298 g/mol. The normalized spacial score (nSPS) is 15.8. The first-order valence-corrected chi connectivity index (χ1v) is 7.85. The molecule has 1 atom stereocenters. The highest BCUT2D eigenvalue weighted by Crippen LogP contribution is 2.32. The molecule has 116 valence electrons. The van der Waals surface area contributed by atoms with Crippen molar-refractivity contribution in [1.29, 1.82) is 0 Å². The van der Waals surface area contributed by atoms with Gasteiger partial charge in [-0.05, 0) is 49.9 Å². The van der Waals surface area contributed by atoms with Crippen molar-refractivity contribution in [3.63, 3.8) is 0 Å². The number of hydrogen-bond donors (Lipinski definition) is 0. The number of aromatic nitrogens is 3. The minimum absolute atomic E-state index is 0.133. The summed E-state index contributed by atoms with van der Waals surface area (Å²) < 4.78 is 1.68. The molecule has 0 saturated heterocycles. The van der Waals surface area contributed by atoms with Crippen molar-refractivity contribution in [1.82, 2.24) is 19.7 Å². The number of carbonyl (C=O) groups is 1. The van der Waals surface area contributed by atoms with Crippen LogP contribution in [0.2, 0.25) is 0 Å². The summed E-state index contributed by atoms with van der Waals surface area (Å²) in [5, 5.41) is 4.10. The van der Waals surface area contributed by atoms with Gasteiger partial charge in [-0.2, -0.15) is 5.10 Å². The number of benzene rings is 1. The lowest BCUT2D eigenvalue weighted by molar-refractivity contribution is 0.0628. The van der Waals surface area contributed by atoms with E-state index in [-0.39, 0.29) is 11.9 Å². The van der Waals surface area contributed by atoms with Crippen LogP contribution in [0.5, 0.6) is 0 Å². The second-order valence-electron chi connectivity index (χ2n) is 6.32. The molecule has 1 saturated carbocycles. The molecule has 0 spiro atoms. The molecule has 2 aromatic rings. The molecule has 3 rings (SSSR count). The molecule has 1 aromatic heterocycles. The van der Waals surface area contributed by atoms with Gasteiger partial charge in [-0.25, -0.2) is 9.67 Å². The lowest BCUT2D eigenvalue weighted by Crippen LogP contribution is -2.43. The average Bonchev–Trinajstić information content (AvgIpc) is 3.19. The van der Waals surface area contributed by atoms with Gasteiger partial charge in [-0.3, -0.25) is 4.79 Å². The van der Waals surface area contributed by atoms with Crippen LogP contribution in [-0.2, 0) is 0 Å². The van der Waals surface area contributed by atoms with Gasteiger partial charge in [0.25, 0.3) is 5.91 Å². The summed E-state index contributed by atoms with van der Waals surface area (Å²) >= 11 is 0. The Morgan fingerprint density at radius 1 is 1.23 bits per heavy atom. The Balaban J connectivity index is 1.81. The first-order chi connectivity index (χ1) is 10.6. The van der Waals surface area contributed by atoms with Crippen molar-refractivity contribution >= 4 is 5.91 Å². The fourth-order valence-corrected chi connectivity index (χ4v) is 2.60. The van der Waals surface area contributed by atoms with E-state index >= 15 is 0 Å². The molecule has 1 unspecified atom stereocenters. The van der Waals surface area contributed by atoms with Gasteiger partial charge in [0.1, 0.15) is 12.7 Å². The van der Waals surface area contributed by atoms with Crippen LogP contribution >= 0.6 is 0 Å². The zero-order chi connectivity index (χ0) is 15.7. The molecular weight excluding hydrogens is 276 g/mol. The van der Waals surface area contributed by atoms with Crippen LogP contribution in [-0.4, -0.2) is 37.7 Å². The van der Waals surface area contributed by atoms with Crippen LogP contribution in [0.15, 0.2) is 36.9 Å². The summed E-state index contributed by atoms with van der Waals surface area (Å²) in [5.74, 6) is 0.591. The van der Waals surface area contributed by atoms with E-state index in [1.165, 1.54) is 6.33 Å². The summed E-state index contributed by atoms with van der Waals surface area (Å²) in [5.41, 5.74) is 1.65. The maximum atomic E-state index is 12.9. The quantitative estimate of drug-likeness (QED) is 0.853. The summed E-state index contributed by atoms with van der Waals surface area (Å²) in [6.45, 7) is 6.48. The molecular formula is C17H22N4O. The largest absolute Gasteiger partial charge is 0.333 e. The molecule has 1 aliphatic carbocycles. The predicted octanol–water partition coefficient (Wildman–Crippen LogP) is 2.92. The molecule has 0 bridgehead atoms. The van der Waals surface area contributed by atoms with Crippen LogP contribution < -0.4 is 0 Å². The van der Waals surface area contributed by atoms with Gasteiger partial charge in [0.15, 0.2) is 0 Å². The van der Waals surface area contributed by atoms with E-state index in [1.54, 1.807) is 11.0 Å². The second kappa shape index (κ2) is 5.91. The maximum absolute atomic E-state index is 12.9. The van der Waals surface area contributed by atoms with E-state index < -0.39 is 0 Å². The number of nitrogens with zero attached hydrogens (tertiary/aromatic N) is 4. The number of hydrogen-bond acceptors (Lipinski definition) is 3. The number of rotatable bonds is 5. The van der Waals surface area contributed by atoms with Crippen molar-refractivity contribution < 1.29 is 4.79 Å². The van der Waals surface area contributed by atoms with Crippen LogP contribution in [0, 0.1) is 5.92 Å². The van der Waals surface area contributed by atoms with Crippen LogP contribution in [0.3, 0.4) is 0 Å². The Morgan fingerprint density at radius 3 is 2.41 bits per heavy atom. The zero-order valence-corrected chi connectivity index (χ0v) is 13.3. The van der Waals surface area contributed by atoms with Gasteiger partial charge in [-0.1, -0.05) is 13.8 Å². The fraction of sp³-hybridized carbons (Fsp3) is 0.471. The first-order valence-electron chi connectivity index (χ1n) is 7.85. The Kier molecular flexibility index (Phi) is 3.96. The van der Waals surface area contributed by atoms with Crippen molar-refractivity contribution in [2.45, 2.75) is 45.7 Å². The lowest BCUT2D eigenvalue weighted by atomic mass is 10.0. The molecule has 0 N–H and O–H groups in total. The minimum Gasteiger partial charge on any atom is -0.333 e. The summed E-state index contributed by atoms with van der Waals surface area (Å²) in [6, 6.07) is 8.25. The zero-order valence-electron chi connectivity index (χ0n) is 13.3. The summed E-state index contributed by atoms with van der Waals surface area (Å²) in [6.07, 6.45) is 5.39. The molecule has 1 fully saturated rings. The molecule has 1 aromatic carbocycles. The van der Waals surface area contributed by atoms with E-state index in [0.29, 0.717) is 12.0 Å². The maximum Gasteiger partial charge on any atom is 0.254 e. The van der Waals surface area contributed by atoms with Crippen molar-refractivity contribution in [3.05, 3.63) is 42.5 Å². The van der Waals surface area contributed by atoms with E-state index in [4.69, 9.17) is 0 Å². The Morgan fingerprint density at radius 2 is 1.91 bits per heavy atom. The van der Waals surface area contributed by atoms with E-state index in [1.807, 2.05) is 24.3 Å². The topological polar surface area (TPSA) is 51.0 Å². The highest BCUT2D eigenvalue weighted by Gasteiger charge is 2.36. The SMILES string of the molecule is CC(C)C(C)N(C(=O)c1ccc(-n2cncn2)cc1)C1CC1. The minimum atomic E-state index is 0.133. The standard InChI is InChI=1S/C17H22N4O/c1-12(2)13(3)21(16-8-9-16)17(22)14-4-6-15(7-5-14)20-11-18-10-19-20/h4-7,10-13,16H,8-9H2,1-3H3. The molecule has 22 heavy (non-hydrogen) atoms. The van der Waals surface area contributed by atoms with Gasteiger partial charge in [0.05, 0.1) is 5.69 Å². The van der Waals surface area contributed by atoms with Crippen molar-refractivity contribution in [2.75, 3.05) is 0 Å². The third kappa shape index (κ3) is 2.89.